The first-order valence-electron chi connectivity index (χ1n) is 13.3. The number of imidazole rings is 1. The second-order valence-electron chi connectivity index (χ2n) is 10.2. The minimum Gasteiger partial charge on any atom is -0.478 e. The average molecular weight is 562 g/mol. The largest absolute Gasteiger partial charge is 0.478 e. The number of piperidine rings is 1. The lowest BCUT2D eigenvalue weighted by Gasteiger charge is -2.32. The highest BCUT2D eigenvalue weighted by atomic mass is 32.1. The highest BCUT2D eigenvalue weighted by Crippen LogP contribution is 2.30. The smallest absolute Gasteiger partial charge is 0.335 e. The van der Waals surface area contributed by atoms with Crippen molar-refractivity contribution >= 4 is 28.3 Å². The summed E-state index contributed by atoms with van der Waals surface area (Å²) in [6.07, 6.45) is 2.99. The van der Waals surface area contributed by atoms with Gasteiger partial charge in [0.05, 0.1) is 35.8 Å². The van der Waals surface area contributed by atoms with E-state index in [4.69, 9.17) is 24.7 Å². The van der Waals surface area contributed by atoms with Crippen LogP contribution >= 0.6 is 11.3 Å². The Bertz CT molecular complexity index is 1580. The number of carboxylic acids is 1. The normalized spacial score (nSPS) is 17.9. The fraction of sp³-hybridized carbons (Fsp3) is 0.379. The van der Waals surface area contributed by atoms with Crippen molar-refractivity contribution in [3.63, 3.8) is 0 Å². The predicted molar refractivity (Wildman–Crippen MR) is 146 cm³/mol. The fourth-order valence-electron chi connectivity index (χ4n) is 5.30. The van der Waals surface area contributed by atoms with Gasteiger partial charge in [0, 0.05) is 29.2 Å². The Morgan fingerprint density at radius 3 is 2.73 bits per heavy atom. The Balaban J connectivity index is 1.10. The zero-order valence-electron chi connectivity index (χ0n) is 21.8. The maximum Gasteiger partial charge on any atom is 0.335 e. The molecule has 5 heterocycles. The molecule has 0 bridgehead atoms. The van der Waals surface area contributed by atoms with Crippen molar-refractivity contribution in [3.05, 3.63) is 75.1 Å². The summed E-state index contributed by atoms with van der Waals surface area (Å²) in [4.78, 5) is 24.2. The lowest BCUT2D eigenvalue weighted by atomic mass is 9.93. The van der Waals surface area contributed by atoms with Crippen LogP contribution in [0.3, 0.4) is 0 Å². The molecule has 4 aromatic rings. The van der Waals surface area contributed by atoms with Gasteiger partial charge in [-0.05, 0) is 62.7 Å². The van der Waals surface area contributed by atoms with E-state index in [1.807, 2.05) is 18.2 Å². The summed E-state index contributed by atoms with van der Waals surface area (Å²) < 4.78 is 27.3. The van der Waals surface area contributed by atoms with Gasteiger partial charge in [-0.1, -0.05) is 6.07 Å². The molecular formula is C29H28FN5O4S. The number of fused-ring (bicyclic) bond motifs is 1. The second-order valence-corrected chi connectivity index (χ2v) is 11.3. The highest BCUT2D eigenvalue weighted by Gasteiger charge is 2.26. The molecule has 40 heavy (non-hydrogen) atoms. The molecule has 9 nitrogen and oxygen atoms in total. The topological polar surface area (TPSA) is 114 Å². The van der Waals surface area contributed by atoms with Crippen LogP contribution in [0.25, 0.3) is 11.0 Å². The third-order valence-electron chi connectivity index (χ3n) is 7.57. The number of halogens is 1. The third-order valence-corrected chi connectivity index (χ3v) is 8.56. The van der Waals surface area contributed by atoms with E-state index in [1.165, 1.54) is 6.07 Å². The molecule has 0 amide bonds. The van der Waals surface area contributed by atoms with Crippen LogP contribution in [-0.4, -0.2) is 56.3 Å². The molecular weight excluding hydrogens is 533 g/mol. The van der Waals surface area contributed by atoms with Crippen LogP contribution < -0.4 is 4.74 Å². The van der Waals surface area contributed by atoms with Gasteiger partial charge in [0.2, 0.25) is 5.88 Å². The number of nitriles is 1. The molecule has 2 saturated heterocycles. The lowest BCUT2D eigenvalue weighted by Crippen LogP contribution is -2.35. The molecule has 0 unspecified atom stereocenters. The number of pyridine rings is 1. The molecule has 1 N–H and O–H groups in total. The van der Waals surface area contributed by atoms with Gasteiger partial charge >= 0.3 is 5.97 Å². The molecule has 3 aromatic heterocycles. The molecule has 2 aliphatic rings. The van der Waals surface area contributed by atoms with E-state index < -0.39 is 11.8 Å². The summed E-state index contributed by atoms with van der Waals surface area (Å²) in [6.45, 7) is 4.03. The van der Waals surface area contributed by atoms with Crippen molar-refractivity contribution in [1.82, 2.24) is 19.4 Å². The van der Waals surface area contributed by atoms with Crippen LogP contribution in [0.2, 0.25) is 0 Å². The molecule has 0 spiro atoms. The quantitative estimate of drug-likeness (QED) is 0.305. The van der Waals surface area contributed by atoms with Gasteiger partial charge in [-0.3, -0.25) is 4.90 Å². The lowest BCUT2D eigenvalue weighted by molar-refractivity contribution is -0.0592. The van der Waals surface area contributed by atoms with Crippen LogP contribution in [0.15, 0.2) is 42.5 Å². The number of ether oxygens (including phenoxy) is 2. The van der Waals surface area contributed by atoms with Gasteiger partial charge in [-0.15, -0.1) is 11.3 Å². The standard InChI is InChI=1S/C29H28FN5O4S/c30-22-13-21(40-26(22)14-31)17-39-28-3-1-2-23(33-28)18-6-9-34(10-7-18)16-27-32-24-5-4-19(29(36)37)12-25(24)35(27)15-20-8-11-38-20/h1-5,12-13,18,20H,6-11,15-17H2,(H,36,37)/t20-/m0/s1. The first-order valence-corrected chi connectivity index (χ1v) is 14.1. The molecule has 0 aliphatic carbocycles. The van der Waals surface area contributed by atoms with Crippen LogP contribution in [0, 0.1) is 17.1 Å². The summed E-state index contributed by atoms with van der Waals surface area (Å²) in [6, 6.07) is 14.0. The zero-order valence-corrected chi connectivity index (χ0v) is 22.6. The third kappa shape index (κ3) is 5.56. The van der Waals surface area contributed by atoms with Crippen LogP contribution in [0.1, 0.15) is 56.8 Å². The Morgan fingerprint density at radius 1 is 1.20 bits per heavy atom. The minimum absolute atomic E-state index is 0.0593. The monoisotopic (exact) mass is 561 g/mol. The van der Waals surface area contributed by atoms with Gasteiger partial charge in [0.1, 0.15) is 23.4 Å². The van der Waals surface area contributed by atoms with E-state index >= 15 is 0 Å². The molecule has 0 radical (unpaired) electrons. The predicted octanol–water partition coefficient (Wildman–Crippen LogP) is 4.95. The number of likely N-dealkylation sites (tertiary alicyclic amines) is 1. The SMILES string of the molecule is N#Cc1sc(COc2cccc(C3CCN(Cc4nc5ccc(C(=O)O)cc5n4C[C@@H]4CCO4)CC3)n2)cc1F. The highest BCUT2D eigenvalue weighted by molar-refractivity contribution is 7.12. The van der Waals surface area contributed by atoms with E-state index in [2.05, 4.69) is 9.47 Å². The number of benzene rings is 1. The maximum atomic E-state index is 13.7. The molecule has 1 atom stereocenters. The van der Waals surface area contributed by atoms with Crippen LogP contribution in [0.4, 0.5) is 4.39 Å². The van der Waals surface area contributed by atoms with Gasteiger partial charge < -0.3 is 19.1 Å². The average Bonchev–Trinajstić information content (AvgIpc) is 3.48. The number of hydrogen-bond acceptors (Lipinski definition) is 8. The first-order chi connectivity index (χ1) is 19.5. The summed E-state index contributed by atoms with van der Waals surface area (Å²) >= 11 is 1.09. The van der Waals surface area contributed by atoms with Crippen LogP contribution in [-0.2, 0) is 24.4 Å². The van der Waals surface area contributed by atoms with Crippen molar-refractivity contribution in [2.45, 2.75) is 51.0 Å². The molecule has 206 valence electrons. The van der Waals surface area contributed by atoms with Crippen molar-refractivity contribution in [2.75, 3.05) is 19.7 Å². The number of thiophene rings is 1. The molecule has 2 aliphatic heterocycles. The van der Waals surface area contributed by atoms with Crippen molar-refractivity contribution in [3.8, 4) is 11.9 Å². The summed E-state index contributed by atoms with van der Waals surface area (Å²) in [5.41, 5.74) is 2.85. The molecule has 6 rings (SSSR count). The molecule has 0 saturated carbocycles. The van der Waals surface area contributed by atoms with E-state index in [-0.39, 0.29) is 23.2 Å². The Labute approximate surface area is 234 Å². The second kappa shape index (κ2) is 11.3. The fourth-order valence-corrected chi connectivity index (χ4v) is 6.04. The van der Waals surface area contributed by atoms with Crippen molar-refractivity contribution in [1.29, 1.82) is 5.26 Å². The van der Waals surface area contributed by atoms with Crippen molar-refractivity contribution in [2.24, 2.45) is 0 Å². The first kappa shape index (κ1) is 26.4. The van der Waals surface area contributed by atoms with Gasteiger partial charge in [-0.2, -0.15) is 5.26 Å². The van der Waals surface area contributed by atoms with Crippen LogP contribution in [0.5, 0.6) is 5.88 Å². The number of nitrogens with zero attached hydrogens (tertiary/aromatic N) is 5. The zero-order chi connectivity index (χ0) is 27.6. The number of carbonyl (C=O) groups is 1. The van der Waals surface area contributed by atoms with Gasteiger partial charge in [0.15, 0.2) is 5.82 Å². The maximum absolute atomic E-state index is 13.7. The van der Waals surface area contributed by atoms with E-state index in [1.54, 1.807) is 24.3 Å². The van der Waals surface area contributed by atoms with E-state index in [0.29, 0.717) is 29.8 Å². The van der Waals surface area contributed by atoms with Gasteiger partial charge in [-0.25, -0.2) is 19.2 Å². The van der Waals surface area contributed by atoms with E-state index in [0.717, 1.165) is 72.8 Å². The number of carboxylic acid groups (broad SMARTS) is 1. The Hall–Kier alpha value is -3.85. The molecule has 2 fully saturated rings. The number of aromatic nitrogens is 3. The van der Waals surface area contributed by atoms with Gasteiger partial charge in [0.25, 0.3) is 0 Å². The Morgan fingerprint density at radius 2 is 2.02 bits per heavy atom. The molecule has 11 heteroatoms. The number of aromatic carboxylic acids is 1. The minimum atomic E-state index is -0.949. The van der Waals surface area contributed by atoms with E-state index in [9.17, 15) is 14.3 Å². The number of rotatable bonds is 9. The summed E-state index contributed by atoms with van der Waals surface area (Å²) in [5, 5.41) is 18.4. The Kier molecular flexibility index (Phi) is 7.47. The number of hydrogen-bond donors (Lipinski definition) is 1. The van der Waals surface area contributed by atoms with Crippen molar-refractivity contribution < 1.29 is 23.8 Å². The summed E-state index contributed by atoms with van der Waals surface area (Å²) in [7, 11) is 0. The molecule has 1 aromatic carbocycles. The summed E-state index contributed by atoms with van der Waals surface area (Å²) in [5.74, 6) is 0.236.